The van der Waals surface area contributed by atoms with Gasteiger partial charge in [-0.25, -0.2) is 4.79 Å². The molecule has 24 heavy (non-hydrogen) atoms. The molecular formula is C18H23N2O4+. The molecule has 0 atom stereocenters. The van der Waals surface area contributed by atoms with Gasteiger partial charge in [0.2, 0.25) is 11.7 Å². The summed E-state index contributed by atoms with van der Waals surface area (Å²) in [5.74, 6) is -0.368. The number of amides is 1. The summed E-state index contributed by atoms with van der Waals surface area (Å²) in [6, 6.07) is 7.64. The van der Waals surface area contributed by atoms with Gasteiger partial charge in [-0.2, -0.15) is 0 Å². The number of ether oxygens (including phenoxy) is 1. The van der Waals surface area contributed by atoms with E-state index in [1.54, 1.807) is 6.92 Å². The fraction of sp³-hybridized carbons (Fsp3) is 0.444. The molecule has 6 heteroatoms. The van der Waals surface area contributed by atoms with Crippen LogP contribution in [0, 0.1) is 5.92 Å². The molecule has 6 nitrogen and oxygen atoms in total. The van der Waals surface area contributed by atoms with Crippen LogP contribution in [0.4, 0.5) is 0 Å². The molecule has 0 bridgehead atoms. The van der Waals surface area contributed by atoms with Gasteiger partial charge in [0.25, 0.3) is 0 Å². The molecule has 1 aromatic carbocycles. The molecule has 0 radical (unpaired) electrons. The minimum Gasteiger partial charge on any atom is -0.460 e. The molecule has 1 aliphatic heterocycles. The number of piperidine rings is 1. The molecule has 1 fully saturated rings. The molecule has 0 aliphatic carbocycles. The first-order chi connectivity index (χ1) is 11.6. The number of esters is 1. The van der Waals surface area contributed by atoms with Crippen LogP contribution < -0.4 is 10.6 Å². The van der Waals surface area contributed by atoms with Crippen LogP contribution in [0.2, 0.25) is 0 Å². The Morgan fingerprint density at radius 2 is 2.00 bits per heavy atom. The number of para-hydroxylation sites is 1. The highest BCUT2D eigenvalue weighted by Gasteiger charge is 2.29. The van der Waals surface area contributed by atoms with Gasteiger partial charge in [0.05, 0.1) is 25.3 Å². The average Bonchev–Trinajstić information content (AvgIpc) is 2.94. The standard InChI is InChI=1S/C18H22N2O4/c1-2-23-18(22)16-14(13-5-3-4-6-15(13)24-16)11-20-9-7-12(8-10-20)17(19)21/h3-6,12H,2,7-11H2,1H3,(H2,19,21)/p+1. The number of furan rings is 1. The minimum atomic E-state index is -0.421. The summed E-state index contributed by atoms with van der Waals surface area (Å²) in [5, 5.41) is 0.949. The van der Waals surface area contributed by atoms with Crippen LogP contribution in [-0.4, -0.2) is 31.6 Å². The predicted octanol–water partition coefficient (Wildman–Crippen LogP) is 0.890. The lowest BCUT2D eigenvalue weighted by Gasteiger charge is -2.27. The summed E-state index contributed by atoms with van der Waals surface area (Å²) in [6.07, 6.45) is 1.57. The van der Waals surface area contributed by atoms with Crippen LogP contribution in [0.3, 0.4) is 0 Å². The molecule has 0 saturated carbocycles. The lowest BCUT2D eigenvalue weighted by Crippen LogP contribution is -3.11. The van der Waals surface area contributed by atoms with Gasteiger partial charge in [-0.05, 0) is 13.0 Å². The Morgan fingerprint density at radius 1 is 1.29 bits per heavy atom. The van der Waals surface area contributed by atoms with Crippen LogP contribution >= 0.6 is 0 Å². The second-order valence-electron chi connectivity index (χ2n) is 6.23. The average molecular weight is 331 g/mol. The molecule has 2 heterocycles. The Labute approximate surface area is 140 Å². The van der Waals surface area contributed by atoms with E-state index in [0.717, 1.165) is 36.9 Å². The van der Waals surface area contributed by atoms with E-state index in [-0.39, 0.29) is 11.8 Å². The molecule has 1 aliphatic rings. The Hall–Kier alpha value is -2.34. The Morgan fingerprint density at radius 3 is 2.67 bits per heavy atom. The van der Waals surface area contributed by atoms with Crippen molar-refractivity contribution in [2.45, 2.75) is 26.3 Å². The van der Waals surface area contributed by atoms with Gasteiger partial charge in [-0.3, -0.25) is 4.79 Å². The zero-order valence-corrected chi connectivity index (χ0v) is 13.8. The van der Waals surface area contributed by atoms with Gasteiger partial charge in [0.15, 0.2) is 0 Å². The number of carbonyl (C=O) groups is 2. The molecular weight excluding hydrogens is 308 g/mol. The summed E-state index contributed by atoms with van der Waals surface area (Å²) >= 11 is 0. The first-order valence-corrected chi connectivity index (χ1v) is 8.40. The second-order valence-corrected chi connectivity index (χ2v) is 6.23. The maximum atomic E-state index is 12.2. The highest BCUT2D eigenvalue weighted by Crippen LogP contribution is 2.26. The minimum absolute atomic E-state index is 0.0284. The number of nitrogens with two attached hydrogens (primary N) is 1. The zero-order chi connectivity index (χ0) is 17.1. The lowest BCUT2D eigenvalue weighted by atomic mass is 9.96. The van der Waals surface area contributed by atoms with Crippen molar-refractivity contribution in [1.82, 2.24) is 0 Å². The number of nitrogens with one attached hydrogen (secondary N) is 1. The van der Waals surface area contributed by atoms with E-state index < -0.39 is 5.97 Å². The van der Waals surface area contributed by atoms with Gasteiger partial charge in [0.1, 0.15) is 12.1 Å². The van der Waals surface area contributed by atoms with Crippen LogP contribution in [0.5, 0.6) is 0 Å². The van der Waals surface area contributed by atoms with Crippen molar-refractivity contribution < 1.29 is 23.6 Å². The van der Waals surface area contributed by atoms with Crippen LogP contribution in [0.25, 0.3) is 11.0 Å². The zero-order valence-electron chi connectivity index (χ0n) is 13.8. The third-order valence-electron chi connectivity index (χ3n) is 4.68. The molecule has 0 spiro atoms. The van der Waals surface area contributed by atoms with Gasteiger partial charge in [0, 0.05) is 24.1 Å². The van der Waals surface area contributed by atoms with E-state index in [1.807, 2.05) is 24.3 Å². The maximum absolute atomic E-state index is 12.2. The number of fused-ring (bicyclic) bond motifs is 1. The highest BCUT2D eigenvalue weighted by atomic mass is 16.5. The summed E-state index contributed by atoms with van der Waals surface area (Å²) in [4.78, 5) is 24.9. The van der Waals surface area contributed by atoms with Gasteiger partial charge in [-0.1, -0.05) is 18.2 Å². The van der Waals surface area contributed by atoms with E-state index in [9.17, 15) is 9.59 Å². The maximum Gasteiger partial charge on any atom is 0.374 e. The van der Waals surface area contributed by atoms with Gasteiger partial charge >= 0.3 is 5.97 Å². The Balaban J connectivity index is 1.84. The molecule has 3 N–H and O–H groups in total. The number of primary amides is 1. The van der Waals surface area contributed by atoms with E-state index >= 15 is 0 Å². The van der Waals surface area contributed by atoms with Gasteiger partial charge < -0.3 is 19.8 Å². The molecule has 1 aromatic heterocycles. The number of carbonyl (C=O) groups excluding carboxylic acids is 2. The SMILES string of the molecule is CCOC(=O)c1oc2ccccc2c1C[NH+]1CCC(C(N)=O)CC1. The number of quaternary nitrogens is 1. The largest absolute Gasteiger partial charge is 0.460 e. The molecule has 3 rings (SSSR count). The van der Waals surface area contributed by atoms with Crippen LogP contribution in [-0.2, 0) is 16.1 Å². The Bertz CT molecular complexity index is 745. The van der Waals surface area contributed by atoms with E-state index in [2.05, 4.69) is 0 Å². The molecule has 128 valence electrons. The van der Waals surface area contributed by atoms with Gasteiger partial charge in [-0.15, -0.1) is 0 Å². The number of hydrogen-bond acceptors (Lipinski definition) is 4. The quantitative estimate of drug-likeness (QED) is 0.797. The third kappa shape index (κ3) is 3.28. The van der Waals surface area contributed by atoms with E-state index in [0.29, 0.717) is 24.5 Å². The normalized spacial score (nSPS) is 20.9. The summed E-state index contributed by atoms with van der Waals surface area (Å²) in [7, 11) is 0. The van der Waals surface area contributed by atoms with Crippen molar-refractivity contribution in [3.8, 4) is 0 Å². The van der Waals surface area contributed by atoms with Crippen molar-refractivity contribution in [2.24, 2.45) is 11.7 Å². The first-order valence-electron chi connectivity index (χ1n) is 8.40. The summed E-state index contributed by atoms with van der Waals surface area (Å²) in [6.45, 7) is 4.48. The van der Waals surface area contributed by atoms with Crippen LogP contribution in [0.1, 0.15) is 35.9 Å². The van der Waals surface area contributed by atoms with Crippen molar-refractivity contribution in [3.63, 3.8) is 0 Å². The third-order valence-corrected chi connectivity index (χ3v) is 4.68. The van der Waals surface area contributed by atoms with Crippen molar-refractivity contribution >= 4 is 22.8 Å². The highest BCUT2D eigenvalue weighted by molar-refractivity contribution is 5.96. The molecule has 1 saturated heterocycles. The van der Waals surface area contributed by atoms with Crippen molar-refractivity contribution in [1.29, 1.82) is 0 Å². The van der Waals surface area contributed by atoms with E-state index in [4.69, 9.17) is 14.9 Å². The first kappa shape index (κ1) is 16.5. The number of likely N-dealkylation sites (tertiary alicyclic amines) is 1. The molecule has 0 unspecified atom stereocenters. The Kier molecular flexibility index (Phi) is 4.85. The monoisotopic (exact) mass is 331 g/mol. The topological polar surface area (TPSA) is 87.0 Å². The van der Waals surface area contributed by atoms with Crippen molar-refractivity contribution in [3.05, 3.63) is 35.6 Å². The second kappa shape index (κ2) is 7.05. The molecule has 2 aromatic rings. The van der Waals surface area contributed by atoms with Crippen molar-refractivity contribution in [2.75, 3.05) is 19.7 Å². The molecule has 1 amide bonds. The smallest absolute Gasteiger partial charge is 0.374 e. The number of rotatable bonds is 5. The fourth-order valence-electron chi connectivity index (χ4n) is 3.37. The number of benzene rings is 1. The van der Waals surface area contributed by atoms with Crippen LogP contribution in [0.15, 0.2) is 28.7 Å². The summed E-state index contributed by atoms with van der Waals surface area (Å²) < 4.78 is 10.9. The number of hydrogen-bond donors (Lipinski definition) is 2. The fourth-order valence-corrected chi connectivity index (χ4v) is 3.37. The summed E-state index contributed by atoms with van der Waals surface area (Å²) in [5.41, 5.74) is 6.98. The lowest BCUT2D eigenvalue weighted by molar-refractivity contribution is -0.919. The predicted molar refractivity (Wildman–Crippen MR) is 88.5 cm³/mol. The van der Waals surface area contributed by atoms with E-state index in [1.165, 1.54) is 4.90 Å².